The molecular formula is C8H16N2O2. The summed E-state index contributed by atoms with van der Waals surface area (Å²) in [5.74, 6) is 0.146. The second-order valence-corrected chi connectivity index (χ2v) is 3.06. The van der Waals surface area contributed by atoms with E-state index in [-0.39, 0.29) is 12.0 Å². The Kier molecular flexibility index (Phi) is 3.49. The molecule has 1 aliphatic heterocycles. The van der Waals surface area contributed by atoms with Crippen molar-refractivity contribution in [2.75, 3.05) is 26.2 Å². The summed E-state index contributed by atoms with van der Waals surface area (Å²) in [5, 5.41) is 0. The molecule has 0 saturated carbocycles. The maximum Gasteiger partial charge on any atom is 0.224 e. The number of amides is 1. The van der Waals surface area contributed by atoms with Crippen LogP contribution in [0.25, 0.3) is 0 Å². The summed E-state index contributed by atoms with van der Waals surface area (Å²) >= 11 is 0. The highest BCUT2D eigenvalue weighted by Crippen LogP contribution is 2.05. The monoisotopic (exact) mass is 172 g/mol. The van der Waals surface area contributed by atoms with E-state index in [9.17, 15) is 4.79 Å². The first-order valence-corrected chi connectivity index (χ1v) is 4.33. The zero-order valence-electron chi connectivity index (χ0n) is 7.45. The van der Waals surface area contributed by atoms with Gasteiger partial charge >= 0.3 is 0 Å². The summed E-state index contributed by atoms with van der Waals surface area (Å²) in [6.07, 6.45) is 0.618. The van der Waals surface area contributed by atoms with Crippen LogP contribution in [0.15, 0.2) is 0 Å². The molecule has 1 unspecified atom stereocenters. The number of hydrogen-bond donors (Lipinski definition) is 1. The molecule has 4 heteroatoms. The van der Waals surface area contributed by atoms with E-state index < -0.39 is 0 Å². The summed E-state index contributed by atoms with van der Waals surface area (Å²) < 4.78 is 5.31. The van der Waals surface area contributed by atoms with Crippen molar-refractivity contribution in [3.63, 3.8) is 0 Å². The van der Waals surface area contributed by atoms with Crippen molar-refractivity contribution in [1.29, 1.82) is 0 Å². The van der Waals surface area contributed by atoms with E-state index in [1.54, 1.807) is 0 Å². The maximum absolute atomic E-state index is 11.3. The Hall–Kier alpha value is -0.610. The van der Waals surface area contributed by atoms with Crippen molar-refractivity contribution in [2.45, 2.75) is 19.4 Å². The fourth-order valence-corrected chi connectivity index (χ4v) is 1.33. The van der Waals surface area contributed by atoms with Gasteiger partial charge in [-0.3, -0.25) is 4.79 Å². The number of carbonyl (C=O) groups is 1. The van der Waals surface area contributed by atoms with Crippen molar-refractivity contribution in [2.24, 2.45) is 5.73 Å². The third-order valence-electron chi connectivity index (χ3n) is 1.95. The van der Waals surface area contributed by atoms with Gasteiger partial charge in [0.1, 0.15) is 0 Å². The van der Waals surface area contributed by atoms with Crippen LogP contribution in [0.3, 0.4) is 0 Å². The van der Waals surface area contributed by atoms with Gasteiger partial charge in [-0.1, -0.05) is 0 Å². The number of nitrogens with two attached hydrogens (primary N) is 1. The van der Waals surface area contributed by atoms with Crippen molar-refractivity contribution in [3.05, 3.63) is 0 Å². The van der Waals surface area contributed by atoms with Crippen molar-refractivity contribution < 1.29 is 9.53 Å². The maximum atomic E-state index is 11.3. The van der Waals surface area contributed by atoms with E-state index in [1.165, 1.54) is 0 Å². The van der Waals surface area contributed by atoms with Gasteiger partial charge in [-0.05, 0) is 6.92 Å². The third kappa shape index (κ3) is 2.46. The quantitative estimate of drug-likeness (QED) is 0.615. The molecule has 70 valence electrons. The Labute approximate surface area is 72.7 Å². The smallest absolute Gasteiger partial charge is 0.224 e. The molecule has 0 aromatic rings. The van der Waals surface area contributed by atoms with Gasteiger partial charge in [0, 0.05) is 26.1 Å². The molecule has 2 N–H and O–H groups in total. The van der Waals surface area contributed by atoms with Crippen molar-refractivity contribution in [3.8, 4) is 0 Å². The molecule has 1 amide bonds. The number of morpholine rings is 1. The van der Waals surface area contributed by atoms with Crippen molar-refractivity contribution >= 4 is 5.91 Å². The lowest BCUT2D eigenvalue weighted by atomic mass is 10.2. The zero-order valence-corrected chi connectivity index (χ0v) is 7.45. The largest absolute Gasteiger partial charge is 0.375 e. The van der Waals surface area contributed by atoms with Crippen LogP contribution in [0.5, 0.6) is 0 Å². The first kappa shape index (κ1) is 9.48. The van der Waals surface area contributed by atoms with Gasteiger partial charge in [0.05, 0.1) is 12.7 Å². The summed E-state index contributed by atoms with van der Waals surface area (Å²) in [6, 6.07) is 0. The summed E-state index contributed by atoms with van der Waals surface area (Å²) in [6.45, 7) is 4.48. The first-order chi connectivity index (χ1) is 5.74. The van der Waals surface area contributed by atoms with Crippen LogP contribution >= 0.6 is 0 Å². The highest BCUT2D eigenvalue weighted by atomic mass is 16.5. The Bertz CT molecular complexity index is 161. The van der Waals surface area contributed by atoms with Gasteiger partial charge in [0.15, 0.2) is 0 Å². The number of ether oxygens (including phenoxy) is 1. The van der Waals surface area contributed by atoms with Crippen LogP contribution in [0.4, 0.5) is 0 Å². The van der Waals surface area contributed by atoms with Crippen LogP contribution in [0.2, 0.25) is 0 Å². The summed E-state index contributed by atoms with van der Waals surface area (Å²) in [4.78, 5) is 13.2. The highest BCUT2D eigenvalue weighted by molar-refractivity contribution is 5.76. The highest BCUT2D eigenvalue weighted by Gasteiger charge is 2.20. The molecule has 1 fully saturated rings. The number of carbonyl (C=O) groups excluding carboxylic acids is 1. The minimum atomic E-state index is 0.146. The van der Waals surface area contributed by atoms with Crippen LogP contribution < -0.4 is 5.73 Å². The first-order valence-electron chi connectivity index (χ1n) is 4.33. The summed E-state index contributed by atoms with van der Waals surface area (Å²) in [7, 11) is 0. The van der Waals surface area contributed by atoms with Gasteiger partial charge in [-0.25, -0.2) is 0 Å². The standard InChI is InChI=1S/C8H16N2O2/c1-7-6-10(4-5-12-7)8(11)2-3-9/h7H,2-6,9H2,1H3. The average molecular weight is 172 g/mol. The van der Waals surface area contributed by atoms with Gasteiger partial charge in [0.2, 0.25) is 5.91 Å². The van der Waals surface area contributed by atoms with Crippen LogP contribution in [-0.4, -0.2) is 43.2 Å². The molecule has 0 spiro atoms. The van der Waals surface area contributed by atoms with E-state index in [4.69, 9.17) is 10.5 Å². The SMILES string of the molecule is CC1CN(C(=O)CCN)CCO1. The molecule has 1 aliphatic rings. The lowest BCUT2D eigenvalue weighted by molar-refractivity contribution is -0.137. The minimum Gasteiger partial charge on any atom is -0.375 e. The lowest BCUT2D eigenvalue weighted by Crippen LogP contribution is -2.44. The Morgan fingerprint density at radius 2 is 2.50 bits per heavy atom. The van der Waals surface area contributed by atoms with E-state index in [0.717, 1.165) is 0 Å². The molecule has 0 bridgehead atoms. The van der Waals surface area contributed by atoms with Gasteiger partial charge in [-0.2, -0.15) is 0 Å². The molecule has 0 aromatic carbocycles. The Morgan fingerprint density at radius 1 is 1.75 bits per heavy atom. The molecule has 1 atom stereocenters. The van der Waals surface area contributed by atoms with E-state index in [0.29, 0.717) is 32.7 Å². The zero-order chi connectivity index (χ0) is 8.97. The molecule has 0 aromatic heterocycles. The molecular weight excluding hydrogens is 156 g/mol. The molecule has 1 heterocycles. The number of hydrogen-bond acceptors (Lipinski definition) is 3. The Morgan fingerprint density at radius 3 is 3.08 bits per heavy atom. The molecule has 1 rings (SSSR count). The normalized spacial score (nSPS) is 24.2. The lowest BCUT2D eigenvalue weighted by Gasteiger charge is -2.31. The fourth-order valence-electron chi connectivity index (χ4n) is 1.33. The number of rotatable bonds is 2. The number of nitrogens with zero attached hydrogens (tertiary/aromatic N) is 1. The molecule has 0 aliphatic carbocycles. The van der Waals surface area contributed by atoms with E-state index in [2.05, 4.69) is 0 Å². The second-order valence-electron chi connectivity index (χ2n) is 3.06. The van der Waals surface area contributed by atoms with Crippen LogP contribution in [-0.2, 0) is 9.53 Å². The van der Waals surface area contributed by atoms with Crippen molar-refractivity contribution in [1.82, 2.24) is 4.90 Å². The van der Waals surface area contributed by atoms with E-state index in [1.807, 2.05) is 11.8 Å². The molecule has 12 heavy (non-hydrogen) atoms. The minimum absolute atomic E-state index is 0.146. The molecule has 0 radical (unpaired) electrons. The summed E-state index contributed by atoms with van der Waals surface area (Å²) in [5.41, 5.74) is 5.29. The predicted octanol–water partition coefficient (Wildman–Crippen LogP) is -0.417. The molecule has 1 saturated heterocycles. The Balaban J connectivity index is 2.35. The van der Waals surface area contributed by atoms with Gasteiger partial charge in [-0.15, -0.1) is 0 Å². The van der Waals surface area contributed by atoms with Crippen LogP contribution in [0, 0.1) is 0 Å². The van der Waals surface area contributed by atoms with E-state index >= 15 is 0 Å². The predicted molar refractivity (Wildman–Crippen MR) is 45.7 cm³/mol. The topological polar surface area (TPSA) is 55.6 Å². The third-order valence-corrected chi connectivity index (χ3v) is 1.95. The van der Waals surface area contributed by atoms with Gasteiger partial charge < -0.3 is 15.4 Å². The fraction of sp³-hybridized carbons (Fsp3) is 0.875. The van der Waals surface area contributed by atoms with Gasteiger partial charge in [0.25, 0.3) is 0 Å². The van der Waals surface area contributed by atoms with Crippen LogP contribution in [0.1, 0.15) is 13.3 Å². The molecule has 4 nitrogen and oxygen atoms in total. The average Bonchev–Trinajstić information content (AvgIpc) is 2.05. The second kappa shape index (κ2) is 4.42.